The number of Topliss-reactive ketones (excluding diaryl/α,β-unsaturated/α-hetero) is 1. The van der Waals surface area contributed by atoms with Crippen LogP contribution >= 0.6 is 0 Å². The van der Waals surface area contributed by atoms with Gasteiger partial charge in [-0.25, -0.2) is 10.6 Å². The Morgan fingerprint density at radius 1 is 0.814 bits per heavy atom. The minimum Gasteiger partial charge on any atom is -0.379 e. The van der Waals surface area contributed by atoms with Gasteiger partial charge in [0.25, 0.3) is 0 Å². The molecule has 1 aromatic heterocycles. The fourth-order valence-corrected chi connectivity index (χ4v) is 4.18. The van der Waals surface area contributed by atoms with Crippen LogP contribution in [-0.2, 0) is 60.6 Å². The fourth-order valence-electron chi connectivity index (χ4n) is 4.18. The molecule has 0 radical (unpaired) electrons. The van der Waals surface area contributed by atoms with Crippen LogP contribution in [0.1, 0.15) is 56.5 Å². The molecule has 1 amide bonds. The van der Waals surface area contributed by atoms with Crippen molar-refractivity contribution in [2.75, 3.05) is 99.0 Å². The summed E-state index contributed by atoms with van der Waals surface area (Å²) in [5.74, 6) is 4.87. The maximum absolute atomic E-state index is 12.4. The maximum Gasteiger partial charge on any atom is 0.246 e. The number of nitrogens with zero attached hydrogens (tertiary/aromatic N) is 3. The lowest BCUT2D eigenvalue weighted by atomic mass is 9.99. The van der Waals surface area contributed by atoms with Crippen molar-refractivity contribution in [2.45, 2.75) is 58.1 Å². The summed E-state index contributed by atoms with van der Waals surface area (Å²) >= 11 is 0. The van der Waals surface area contributed by atoms with Crippen molar-refractivity contribution in [2.24, 2.45) is 5.90 Å². The minimum atomic E-state index is -0.273. The summed E-state index contributed by atoms with van der Waals surface area (Å²) in [4.78, 5) is 27.6. The van der Waals surface area contributed by atoms with Crippen molar-refractivity contribution in [3.63, 3.8) is 0 Å². The highest BCUT2D eigenvalue weighted by Gasteiger charge is 2.25. The summed E-state index contributed by atoms with van der Waals surface area (Å²) in [6.45, 7) is 8.15. The van der Waals surface area contributed by atoms with E-state index >= 15 is 0 Å². The van der Waals surface area contributed by atoms with Gasteiger partial charge in [-0.2, -0.15) is 0 Å². The van der Waals surface area contributed by atoms with E-state index in [0.717, 1.165) is 43.5 Å². The molecule has 2 rings (SSSR count). The number of ketones is 1. The predicted molar refractivity (Wildman–Crippen MR) is 154 cm³/mol. The first-order valence-electron chi connectivity index (χ1n) is 15.2. The molecule has 0 saturated heterocycles. The van der Waals surface area contributed by atoms with Gasteiger partial charge in [0.15, 0.2) is 0 Å². The van der Waals surface area contributed by atoms with Crippen LogP contribution in [0.2, 0.25) is 0 Å². The highest BCUT2D eigenvalue weighted by atomic mass is 16.6. The number of rotatable bonds is 27. The molecule has 3 N–H and O–H groups in total. The second-order valence-electron chi connectivity index (χ2n) is 9.89. The fraction of sp³-hybridized carbons (Fsp3) is 0.857. The zero-order valence-electron chi connectivity index (χ0n) is 25.6. The van der Waals surface area contributed by atoms with E-state index in [1.54, 1.807) is 6.92 Å². The molecule has 15 nitrogen and oxygen atoms in total. The number of fused-ring (bicyclic) bond motifs is 1. The highest BCUT2D eigenvalue weighted by Crippen LogP contribution is 2.29. The Labute approximate surface area is 254 Å². The summed E-state index contributed by atoms with van der Waals surface area (Å²) < 4.78 is 40.5. The molecule has 0 aromatic carbocycles. The Balaban J connectivity index is 1.52. The molecule has 1 aliphatic rings. The maximum atomic E-state index is 12.4. The predicted octanol–water partition coefficient (Wildman–Crippen LogP) is 0.538. The molecule has 43 heavy (non-hydrogen) atoms. The summed E-state index contributed by atoms with van der Waals surface area (Å²) in [6, 6.07) is 0. The van der Waals surface area contributed by atoms with E-state index < -0.39 is 0 Å². The summed E-state index contributed by atoms with van der Waals surface area (Å²) in [5.41, 5.74) is 1.85. The van der Waals surface area contributed by atoms with Gasteiger partial charge in [-0.3, -0.25) is 9.59 Å². The number of hydrogen-bond donors (Lipinski definition) is 2. The number of aromatic nitrogens is 3. The molecule has 0 fully saturated rings. The van der Waals surface area contributed by atoms with Crippen LogP contribution in [-0.4, -0.2) is 126 Å². The Morgan fingerprint density at radius 3 is 2.07 bits per heavy atom. The molecule has 0 saturated carbocycles. The van der Waals surface area contributed by atoms with Crippen LogP contribution in [0.5, 0.6) is 0 Å². The van der Waals surface area contributed by atoms with Crippen molar-refractivity contribution >= 4 is 11.7 Å². The highest BCUT2D eigenvalue weighted by molar-refractivity contribution is 5.77. The quantitative estimate of drug-likeness (QED) is 0.103. The van der Waals surface area contributed by atoms with Gasteiger partial charge >= 0.3 is 0 Å². The van der Waals surface area contributed by atoms with Gasteiger partial charge in [0.2, 0.25) is 5.91 Å². The topological polar surface area (TPSA) is 177 Å². The number of ether oxygens (including phenoxy) is 7. The molecule has 15 heteroatoms. The summed E-state index contributed by atoms with van der Waals surface area (Å²) in [6.07, 6.45) is 4.97. The first-order chi connectivity index (χ1) is 21.1. The summed E-state index contributed by atoms with van der Waals surface area (Å²) in [5, 5.41) is 11.6. The molecule has 0 aliphatic heterocycles. The zero-order valence-corrected chi connectivity index (χ0v) is 25.6. The van der Waals surface area contributed by atoms with E-state index in [1.165, 1.54) is 0 Å². The first kappa shape index (κ1) is 37.1. The lowest BCUT2D eigenvalue weighted by molar-refractivity contribution is -0.128. The molecule has 1 atom stereocenters. The van der Waals surface area contributed by atoms with Gasteiger partial charge in [-0.05, 0) is 26.2 Å². The number of hydrogen-bond acceptors (Lipinski definition) is 13. The van der Waals surface area contributed by atoms with Crippen LogP contribution < -0.4 is 11.2 Å². The molecule has 248 valence electrons. The van der Waals surface area contributed by atoms with Gasteiger partial charge in [0.1, 0.15) is 24.2 Å². The van der Waals surface area contributed by atoms with E-state index in [4.69, 9.17) is 39.1 Å². The van der Waals surface area contributed by atoms with E-state index in [0.29, 0.717) is 105 Å². The molecular formula is C28H51N5O10. The first-order valence-corrected chi connectivity index (χ1v) is 15.2. The third-order valence-electron chi connectivity index (χ3n) is 6.42. The Morgan fingerprint density at radius 2 is 1.42 bits per heavy atom. The lowest BCUT2D eigenvalue weighted by Crippen LogP contribution is -2.31. The molecule has 1 aliphatic carbocycles. The second-order valence-corrected chi connectivity index (χ2v) is 9.89. The monoisotopic (exact) mass is 617 g/mol. The number of nitrogens with two attached hydrogens (primary N) is 1. The van der Waals surface area contributed by atoms with Crippen LogP contribution in [0.25, 0.3) is 0 Å². The second kappa shape index (κ2) is 25.3. The Hall–Kier alpha value is -2.08. The standard InChI is InChI=1S/C28H51N5O10/c1-24(34)7-10-36-13-16-39-19-20-40-17-14-37-11-8-30-27(35)23-42-26-6-4-2-3-5-25-28(26)31-32-33(25)9-12-38-15-18-41-21-22-43-29/h26H,2-23,29H2,1H3,(H,30,35). The third-order valence-corrected chi connectivity index (χ3v) is 6.42. The Bertz CT molecular complexity index is 860. The zero-order chi connectivity index (χ0) is 30.8. The average molecular weight is 618 g/mol. The largest absolute Gasteiger partial charge is 0.379 e. The van der Waals surface area contributed by atoms with E-state index in [1.807, 2.05) is 4.68 Å². The van der Waals surface area contributed by atoms with E-state index in [2.05, 4.69) is 20.5 Å². The Kier molecular flexibility index (Phi) is 21.8. The van der Waals surface area contributed by atoms with Gasteiger partial charge in [-0.1, -0.05) is 18.1 Å². The van der Waals surface area contributed by atoms with E-state index in [-0.39, 0.29) is 24.4 Å². The van der Waals surface area contributed by atoms with Gasteiger partial charge < -0.3 is 43.3 Å². The summed E-state index contributed by atoms with van der Waals surface area (Å²) in [7, 11) is 0. The normalized spacial score (nSPS) is 15.2. The van der Waals surface area contributed by atoms with Crippen LogP contribution in [0.4, 0.5) is 0 Å². The van der Waals surface area contributed by atoms with Gasteiger partial charge in [0, 0.05) is 13.0 Å². The van der Waals surface area contributed by atoms with Crippen LogP contribution in [0.3, 0.4) is 0 Å². The minimum absolute atomic E-state index is 0.0554. The van der Waals surface area contributed by atoms with E-state index in [9.17, 15) is 9.59 Å². The van der Waals surface area contributed by atoms with Crippen molar-refractivity contribution in [3.8, 4) is 0 Å². The van der Waals surface area contributed by atoms with Gasteiger partial charge in [0.05, 0.1) is 98.1 Å². The lowest BCUT2D eigenvalue weighted by Gasteiger charge is -2.20. The number of carbonyl (C=O) groups excluding carboxylic acids is 2. The number of amides is 1. The molecular weight excluding hydrogens is 566 g/mol. The molecule has 1 unspecified atom stereocenters. The van der Waals surface area contributed by atoms with Crippen molar-refractivity contribution in [3.05, 3.63) is 11.4 Å². The van der Waals surface area contributed by atoms with Crippen LogP contribution in [0.15, 0.2) is 0 Å². The SMILES string of the molecule is CC(=O)CCOCCOCCOCCOCCNC(=O)COC1CCCCCc2c1nnn2CCOCCOCCON. The number of carbonyl (C=O) groups is 2. The van der Waals surface area contributed by atoms with Crippen LogP contribution in [0, 0.1) is 0 Å². The molecule has 0 spiro atoms. The molecule has 1 aromatic rings. The molecule has 1 heterocycles. The average Bonchev–Trinajstić information content (AvgIpc) is 3.37. The van der Waals surface area contributed by atoms with Crippen molar-refractivity contribution in [1.29, 1.82) is 0 Å². The van der Waals surface area contributed by atoms with Crippen molar-refractivity contribution in [1.82, 2.24) is 20.3 Å². The van der Waals surface area contributed by atoms with Crippen molar-refractivity contribution < 1.29 is 47.6 Å². The molecule has 0 bridgehead atoms. The third kappa shape index (κ3) is 18.4. The van der Waals surface area contributed by atoms with Gasteiger partial charge in [-0.15, -0.1) is 5.10 Å². The number of nitrogens with one attached hydrogen (secondary N) is 1. The smallest absolute Gasteiger partial charge is 0.246 e.